The molecule has 0 spiro atoms. The molecule has 2 heteroatoms. The van der Waals surface area contributed by atoms with Crippen molar-refractivity contribution in [2.45, 2.75) is 20.8 Å². The number of fused-ring (bicyclic) bond motifs is 1. The van der Waals surface area contributed by atoms with Crippen LogP contribution in [-0.2, 0) is 7.05 Å². The number of benzene rings is 3. The Bertz CT molecular complexity index is 1160. The fourth-order valence-corrected chi connectivity index (χ4v) is 3.81. The van der Waals surface area contributed by atoms with Gasteiger partial charge in [0.2, 0.25) is 5.69 Å². The number of hydrogen-bond donors (Lipinski definition) is 0. The topological polar surface area (TPSA) is 3.88 Å². The summed E-state index contributed by atoms with van der Waals surface area (Å²) in [7, 11) is 2.05. The highest BCUT2D eigenvalue weighted by atomic mass is 19.1. The Labute approximate surface area is 159 Å². The summed E-state index contributed by atoms with van der Waals surface area (Å²) in [6.07, 6.45) is 2.08. The summed E-state index contributed by atoms with van der Waals surface area (Å²) in [6.45, 7) is 5.70. The highest BCUT2D eigenvalue weighted by Crippen LogP contribution is 2.33. The summed E-state index contributed by atoms with van der Waals surface area (Å²) in [4.78, 5) is 0. The van der Waals surface area contributed by atoms with E-state index in [-0.39, 0.29) is 5.82 Å². The third-order valence-electron chi connectivity index (χ3n) is 5.50. The molecule has 4 aromatic rings. The van der Waals surface area contributed by atoms with Crippen LogP contribution in [-0.4, -0.2) is 0 Å². The maximum atomic E-state index is 14.3. The van der Waals surface area contributed by atoms with Gasteiger partial charge in [0.25, 0.3) is 0 Å². The minimum Gasteiger partial charge on any atom is -0.206 e. The maximum absolute atomic E-state index is 14.3. The van der Waals surface area contributed by atoms with Gasteiger partial charge in [-0.3, -0.25) is 0 Å². The molecular weight excluding hydrogens is 333 g/mol. The van der Waals surface area contributed by atoms with Gasteiger partial charge in [-0.15, -0.1) is 0 Å². The molecule has 1 nitrogen and oxygen atoms in total. The molecule has 0 bridgehead atoms. The van der Waals surface area contributed by atoms with Gasteiger partial charge in [-0.2, -0.15) is 0 Å². The Hall–Kier alpha value is -3.00. The van der Waals surface area contributed by atoms with Crippen LogP contribution in [0.15, 0.2) is 66.9 Å². The van der Waals surface area contributed by atoms with Gasteiger partial charge >= 0.3 is 0 Å². The smallest absolute Gasteiger partial charge is 0.206 e. The second-order valence-corrected chi connectivity index (χ2v) is 7.25. The first-order valence-electron chi connectivity index (χ1n) is 9.22. The Kier molecular flexibility index (Phi) is 4.27. The summed E-state index contributed by atoms with van der Waals surface area (Å²) in [5, 5.41) is 2.36. The number of pyridine rings is 1. The number of hydrogen-bond acceptors (Lipinski definition) is 0. The van der Waals surface area contributed by atoms with Gasteiger partial charge in [0.15, 0.2) is 6.20 Å². The van der Waals surface area contributed by atoms with E-state index in [1.54, 1.807) is 0 Å². The van der Waals surface area contributed by atoms with E-state index in [0.29, 0.717) is 5.56 Å². The molecule has 4 rings (SSSR count). The molecule has 0 saturated heterocycles. The van der Waals surface area contributed by atoms with E-state index in [1.165, 1.54) is 21.9 Å². The van der Waals surface area contributed by atoms with Crippen molar-refractivity contribution >= 4 is 10.8 Å². The van der Waals surface area contributed by atoms with E-state index < -0.39 is 0 Å². The summed E-state index contributed by atoms with van der Waals surface area (Å²) in [5.41, 5.74) is 7.02. The summed E-state index contributed by atoms with van der Waals surface area (Å²) in [6, 6.07) is 21.1. The van der Waals surface area contributed by atoms with Gasteiger partial charge in [0.05, 0.1) is 10.9 Å². The third kappa shape index (κ3) is 2.91. The van der Waals surface area contributed by atoms with E-state index in [1.807, 2.05) is 40.0 Å². The lowest BCUT2D eigenvalue weighted by Crippen LogP contribution is -2.31. The molecule has 0 aliphatic rings. The summed E-state index contributed by atoms with van der Waals surface area (Å²) >= 11 is 0. The van der Waals surface area contributed by atoms with Crippen LogP contribution >= 0.6 is 0 Å². The van der Waals surface area contributed by atoms with Crippen LogP contribution in [0.1, 0.15) is 16.7 Å². The lowest BCUT2D eigenvalue weighted by molar-refractivity contribution is -0.659. The van der Waals surface area contributed by atoms with Crippen molar-refractivity contribution in [3.63, 3.8) is 0 Å². The fraction of sp³-hybridized carbons (Fsp3) is 0.160. The first-order valence-corrected chi connectivity index (χ1v) is 9.22. The molecule has 0 unspecified atom stereocenters. The van der Waals surface area contributed by atoms with Gasteiger partial charge < -0.3 is 0 Å². The Balaban J connectivity index is 1.98. The van der Waals surface area contributed by atoms with Crippen molar-refractivity contribution < 1.29 is 8.96 Å². The molecule has 0 atom stereocenters. The van der Waals surface area contributed by atoms with Gasteiger partial charge in [-0.25, -0.2) is 8.96 Å². The first kappa shape index (κ1) is 17.4. The zero-order valence-electron chi connectivity index (χ0n) is 16.2. The van der Waals surface area contributed by atoms with Crippen molar-refractivity contribution in [2.75, 3.05) is 0 Å². The number of nitrogens with zero attached hydrogens (tertiary/aromatic N) is 1. The summed E-state index contributed by atoms with van der Waals surface area (Å²) in [5.74, 6) is -0.106. The van der Waals surface area contributed by atoms with E-state index >= 15 is 0 Å². The molecule has 0 radical (unpaired) electrons. The fourth-order valence-electron chi connectivity index (χ4n) is 3.81. The SMILES string of the molecule is Cc1cc(-c2c3ccc(-c4ccccc4)cc3cc[n+]2C)c(C)c(C)c1F. The van der Waals surface area contributed by atoms with Gasteiger partial charge in [0, 0.05) is 6.07 Å². The van der Waals surface area contributed by atoms with Crippen LogP contribution in [0.25, 0.3) is 33.2 Å². The minimum atomic E-state index is -0.106. The van der Waals surface area contributed by atoms with Crippen molar-refractivity contribution in [3.05, 3.63) is 89.4 Å². The average molecular weight is 356 g/mol. The quantitative estimate of drug-likeness (QED) is 0.384. The van der Waals surface area contributed by atoms with E-state index in [2.05, 4.69) is 59.3 Å². The third-order valence-corrected chi connectivity index (χ3v) is 5.50. The van der Waals surface area contributed by atoms with Crippen molar-refractivity contribution in [3.8, 4) is 22.4 Å². The molecule has 0 aliphatic carbocycles. The Morgan fingerprint density at radius 2 is 1.52 bits per heavy atom. The molecule has 0 fully saturated rings. The van der Waals surface area contributed by atoms with E-state index in [0.717, 1.165) is 22.4 Å². The Morgan fingerprint density at radius 1 is 0.778 bits per heavy atom. The largest absolute Gasteiger partial charge is 0.220 e. The predicted molar refractivity (Wildman–Crippen MR) is 110 cm³/mol. The second-order valence-electron chi connectivity index (χ2n) is 7.25. The molecule has 0 N–H and O–H groups in total. The Morgan fingerprint density at radius 3 is 2.26 bits per heavy atom. The van der Waals surface area contributed by atoms with Crippen molar-refractivity contribution in [2.24, 2.45) is 7.05 Å². The zero-order chi connectivity index (χ0) is 19.1. The zero-order valence-corrected chi connectivity index (χ0v) is 16.2. The minimum absolute atomic E-state index is 0.106. The highest BCUT2D eigenvalue weighted by Gasteiger charge is 2.20. The molecule has 0 aliphatic heterocycles. The van der Waals surface area contributed by atoms with Gasteiger partial charge in [0.1, 0.15) is 12.9 Å². The van der Waals surface area contributed by atoms with Crippen LogP contribution in [0.2, 0.25) is 0 Å². The number of aryl methyl sites for hydroxylation is 2. The second kappa shape index (κ2) is 6.62. The number of rotatable bonds is 2. The normalized spacial score (nSPS) is 11.1. The van der Waals surface area contributed by atoms with Gasteiger partial charge in [-0.1, -0.05) is 36.4 Å². The van der Waals surface area contributed by atoms with Crippen molar-refractivity contribution in [1.82, 2.24) is 0 Å². The van der Waals surface area contributed by atoms with Crippen molar-refractivity contribution in [1.29, 1.82) is 0 Å². The molecule has 3 aromatic carbocycles. The highest BCUT2D eigenvalue weighted by molar-refractivity contribution is 5.96. The molecule has 27 heavy (non-hydrogen) atoms. The van der Waals surface area contributed by atoms with Gasteiger partial charge in [-0.05, 0) is 72.2 Å². The lowest BCUT2D eigenvalue weighted by atomic mass is 9.93. The molecular formula is C25H23FN+. The first-order chi connectivity index (χ1) is 13.0. The molecule has 0 saturated carbocycles. The lowest BCUT2D eigenvalue weighted by Gasteiger charge is -2.13. The molecule has 134 valence electrons. The average Bonchev–Trinajstić information content (AvgIpc) is 2.70. The van der Waals surface area contributed by atoms with E-state index in [9.17, 15) is 4.39 Å². The van der Waals surface area contributed by atoms with Crippen LogP contribution in [0, 0.1) is 26.6 Å². The molecule has 1 heterocycles. The summed E-state index contributed by atoms with van der Waals surface area (Å²) < 4.78 is 16.5. The monoisotopic (exact) mass is 356 g/mol. The standard InChI is InChI=1S/C25H23FN/c1-16-14-23(17(2)18(3)24(16)26)25-22-11-10-20(19-8-6-5-7-9-19)15-21(22)12-13-27(25)4/h5-15H,1-4H3/q+1. The van der Waals surface area contributed by atoms with E-state index in [4.69, 9.17) is 0 Å². The van der Waals surface area contributed by atoms with Crippen LogP contribution < -0.4 is 4.57 Å². The number of aromatic nitrogens is 1. The van der Waals surface area contributed by atoms with Crippen LogP contribution in [0.3, 0.4) is 0 Å². The van der Waals surface area contributed by atoms with Crippen LogP contribution in [0.5, 0.6) is 0 Å². The molecule has 1 aromatic heterocycles. The molecule has 0 amide bonds. The number of halogens is 1. The van der Waals surface area contributed by atoms with Crippen LogP contribution in [0.4, 0.5) is 4.39 Å². The predicted octanol–water partition coefficient (Wildman–Crippen LogP) is 6.06. The maximum Gasteiger partial charge on any atom is 0.220 e.